The maximum Gasteiger partial charge on any atom is 0.241 e. The van der Waals surface area contributed by atoms with Gasteiger partial charge in [0, 0.05) is 32.5 Å². The van der Waals surface area contributed by atoms with Crippen LogP contribution in [0.3, 0.4) is 0 Å². The predicted molar refractivity (Wildman–Crippen MR) is 107 cm³/mol. The number of hydrogen-bond donors (Lipinski definition) is 0. The van der Waals surface area contributed by atoms with Crippen LogP contribution < -0.4 is 0 Å². The molecule has 0 unspecified atom stereocenters. The van der Waals surface area contributed by atoms with Crippen LogP contribution >= 0.6 is 0 Å². The third-order valence-corrected chi connectivity index (χ3v) is 5.45. The number of hydrogen-bond acceptors (Lipinski definition) is 3. The molecule has 24 heavy (non-hydrogen) atoms. The first-order chi connectivity index (χ1) is 11.1. The molecule has 0 amide bonds. The van der Waals surface area contributed by atoms with Gasteiger partial charge in [-0.1, -0.05) is 30.3 Å². The molecule has 0 aromatic heterocycles. The summed E-state index contributed by atoms with van der Waals surface area (Å²) in [6.07, 6.45) is 1.91. The summed E-state index contributed by atoms with van der Waals surface area (Å²) in [4.78, 5) is 2.52. The van der Waals surface area contributed by atoms with Crippen molar-refractivity contribution in [1.82, 2.24) is 4.90 Å². The molecule has 3 nitrogen and oxygen atoms in total. The Bertz CT molecular complexity index is 529. The van der Waals surface area contributed by atoms with Crippen LogP contribution in [-0.2, 0) is 15.4 Å². The van der Waals surface area contributed by atoms with E-state index >= 15 is 0 Å². The summed E-state index contributed by atoms with van der Waals surface area (Å²) in [5.74, 6) is 2.24. The lowest BCUT2D eigenvalue weighted by Crippen LogP contribution is -2.29. The molecule has 0 N–H and O–H groups in total. The van der Waals surface area contributed by atoms with E-state index in [1.54, 1.807) is 0 Å². The van der Waals surface area contributed by atoms with Crippen molar-refractivity contribution in [2.45, 2.75) is 58.7 Å². The zero-order chi connectivity index (χ0) is 17.8. The van der Waals surface area contributed by atoms with Crippen molar-refractivity contribution < 1.29 is 8.85 Å². The largest absolute Gasteiger partial charge is 0.545 e. The van der Waals surface area contributed by atoms with E-state index in [4.69, 9.17) is 8.85 Å². The molecule has 0 radical (unpaired) electrons. The maximum absolute atomic E-state index is 6.40. The van der Waals surface area contributed by atoms with Crippen LogP contribution in [0.25, 0.3) is 0 Å². The zero-order valence-corrected chi connectivity index (χ0v) is 18.2. The van der Waals surface area contributed by atoms with Crippen molar-refractivity contribution in [2.75, 3.05) is 13.1 Å². The second kappa shape index (κ2) is 7.89. The lowest BCUT2D eigenvalue weighted by Gasteiger charge is -2.27. The Labute approximate surface area is 149 Å². The van der Waals surface area contributed by atoms with Gasteiger partial charge in [0.15, 0.2) is 0 Å². The first-order valence-corrected chi connectivity index (χ1v) is 15.8. The predicted octanol–water partition coefficient (Wildman–Crippen LogP) is 5.20. The molecule has 0 bridgehead atoms. The molecule has 1 aromatic carbocycles. The van der Waals surface area contributed by atoms with Crippen LogP contribution in [0, 0.1) is 0 Å². The first-order valence-electron chi connectivity index (χ1n) is 8.99. The van der Waals surface area contributed by atoms with Crippen LogP contribution in [0.15, 0.2) is 41.9 Å². The molecular formula is C19H33NO2Si2. The molecule has 1 heterocycles. The Morgan fingerprint density at radius 3 is 1.67 bits per heavy atom. The Morgan fingerprint density at radius 2 is 1.25 bits per heavy atom. The van der Waals surface area contributed by atoms with Gasteiger partial charge in [0.25, 0.3) is 0 Å². The molecule has 0 spiro atoms. The van der Waals surface area contributed by atoms with Crippen LogP contribution in [0.5, 0.6) is 0 Å². The highest BCUT2D eigenvalue weighted by molar-refractivity contribution is 6.70. The van der Waals surface area contributed by atoms with Gasteiger partial charge >= 0.3 is 0 Å². The molecule has 0 fully saturated rings. The smallest absolute Gasteiger partial charge is 0.241 e. The van der Waals surface area contributed by atoms with Crippen molar-refractivity contribution in [3.05, 3.63) is 47.4 Å². The minimum atomic E-state index is -1.62. The number of benzene rings is 1. The number of rotatable bonds is 6. The molecule has 0 saturated carbocycles. The highest BCUT2D eigenvalue weighted by atomic mass is 28.4. The third-order valence-electron chi connectivity index (χ3n) is 3.73. The van der Waals surface area contributed by atoms with Crippen LogP contribution in [-0.4, -0.2) is 34.6 Å². The molecule has 134 valence electrons. The van der Waals surface area contributed by atoms with Crippen LogP contribution in [0.1, 0.15) is 18.4 Å². The van der Waals surface area contributed by atoms with Crippen molar-refractivity contribution in [2.24, 2.45) is 0 Å². The van der Waals surface area contributed by atoms with Crippen LogP contribution in [0.2, 0.25) is 39.3 Å². The highest BCUT2D eigenvalue weighted by Gasteiger charge is 2.27. The van der Waals surface area contributed by atoms with E-state index in [0.717, 1.165) is 44.0 Å². The van der Waals surface area contributed by atoms with Gasteiger partial charge in [-0.05, 0) is 44.8 Å². The van der Waals surface area contributed by atoms with Gasteiger partial charge in [0.1, 0.15) is 11.5 Å². The summed E-state index contributed by atoms with van der Waals surface area (Å²) in [6.45, 7) is 16.6. The van der Waals surface area contributed by atoms with E-state index in [0.29, 0.717) is 0 Å². The van der Waals surface area contributed by atoms with Crippen LogP contribution in [0.4, 0.5) is 0 Å². The fourth-order valence-electron chi connectivity index (χ4n) is 2.86. The van der Waals surface area contributed by atoms with E-state index < -0.39 is 16.6 Å². The molecular weight excluding hydrogens is 330 g/mol. The monoisotopic (exact) mass is 363 g/mol. The van der Waals surface area contributed by atoms with E-state index in [-0.39, 0.29) is 0 Å². The van der Waals surface area contributed by atoms with E-state index in [1.807, 2.05) is 0 Å². The summed E-state index contributed by atoms with van der Waals surface area (Å²) >= 11 is 0. The van der Waals surface area contributed by atoms with E-state index in [2.05, 4.69) is 74.5 Å². The van der Waals surface area contributed by atoms with Gasteiger partial charge in [0.05, 0.1) is 0 Å². The van der Waals surface area contributed by atoms with Gasteiger partial charge in [-0.3, -0.25) is 4.90 Å². The second-order valence-corrected chi connectivity index (χ2v) is 17.4. The lowest BCUT2D eigenvalue weighted by molar-refractivity contribution is 0.266. The third kappa shape index (κ3) is 6.83. The SMILES string of the molecule is C[Si](C)(C)OC1=C(O[Si](C)(C)C)CCN(Cc2ccccc2)CC1. The fourth-order valence-corrected chi connectivity index (χ4v) is 4.77. The minimum Gasteiger partial charge on any atom is -0.545 e. The number of nitrogens with zero attached hydrogens (tertiary/aromatic N) is 1. The molecule has 2 rings (SSSR count). The molecule has 0 aliphatic carbocycles. The minimum absolute atomic E-state index is 0.955. The highest BCUT2D eigenvalue weighted by Crippen LogP contribution is 2.27. The Hall–Kier alpha value is -1.05. The van der Waals surface area contributed by atoms with Gasteiger partial charge in [-0.2, -0.15) is 0 Å². The Balaban J connectivity index is 2.09. The van der Waals surface area contributed by atoms with Gasteiger partial charge in [0.2, 0.25) is 16.6 Å². The maximum atomic E-state index is 6.40. The molecule has 1 aliphatic rings. The van der Waals surface area contributed by atoms with Crippen molar-refractivity contribution in [3.8, 4) is 0 Å². The van der Waals surface area contributed by atoms with Gasteiger partial charge < -0.3 is 8.85 Å². The average molecular weight is 364 g/mol. The topological polar surface area (TPSA) is 21.7 Å². The zero-order valence-electron chi connectivity index (χ0n) is 16.2. The van der Waals surface area contributed by atoms with Crippen molar-refractivity contribution in [3.63, 3.8) is 0 Å². The molecule has 0 atom stereocenters. The summed E-state index contributed by atoms with van der Waals surface area (Å²) in [7, 11) is -3.24. The lowest BCUT2D eigenvalue weighted by atomic mass is 10.2. The summed E-state index contributed by atoms with van der Waals surface area (Å²) in [5.41, 5.74) is 1.37. The second-order valence-electron chi connectivity index (χ2n) is 8.54. The quantitative estimate of drug-likeness (QED) is 0.649. The molecule has 1 aliphatic heterocycles. The standard InChI is InChI=1S/C19H33NO2Si2/c1-23(2,3)21-18-12-14-20(16-17-10-8-7-9-11-17)15-13-19(18)22-24(4,5)6/h7-11H,12-16H2,1-6H3. The van der Waals surface area contributed by atoms with Gasteiger partial charge in [-0.15, -0.1) is 0 Å². The summed E-state index contributed by atoms with van der Waals surface area (Å²) in [5, 5.41) is 0. The van der Waals surface area contributed by atoms with Crippen molar-refractivity contribution >= 4 is 16.6 Å². The molecule has 1 aromatic rings. The Morgan fingerprint density at radius 1 is 0.792 bits per heavy atom. The van der Waals surface area contributed by atoms with E-state index in [1.165, 1.54) is 5.56 Å². The Kier molecular flexibility index (Phi) is 6.34. The van der Waals surface area contributed by atoms with E-state index in [9.17, 15) is 0 Å². The van der Waals surface area contributed by atoms with Gasteiger partial charge in [-0.25, -0.2) is 0 Å². The normalized spacial score (nSPS) is 17.6. The van der Waals surface area contributed by atoms with Crippen molar-refractivity contribution in [1.29, 1.82) is 0 Å². The fraction of sp³-hybridized carbons (Fsp3) is 0.579. The molecule has 0 saturated heterocycles. The summed E-state index contributed by atoms with van der Waals surface area (Å²) < 4.78 is 12.8. The average Bonchev–Trinajstić information content (AvgIpc) is 2.61. The molecule has 5 heteroatoms. The first kappa shape index (κ1) is 19.3. The summed E-state index contributed by atoms with van der Waals surface area (Å²) in [6, 6.07) is 10.7.